The van der Waals surface area contributed by atoms with Crippen LogP contribution in [0.5, 0.6) is 11.5 Å². The van der Waals surface area contributed by atoms with Gasteiger partial charge in [-0.3, -0.25) is 4.79 Å². The number of aromatic nitrogens is 2. The fraction of sp³-hybridized carbons (Fsp3) is 0.304. The zero-order chi connectivity index (χ0) is 21.8. The number of carbonyl (C=O) groups excluding carboxylic acids is 1. The molecule has 31 heavy (non-hydrogen) atoms. The van der Waals surface area contributed by atoms with Crippen LogP contribution in [0, 0.1) is 25.5 Å². The predicted molar refractivity (Wildman–Crippen MR) is 110 cm³/mol. The molecule has 0 radical (unpaired) electrons. The van der Waals surface area contributed by atoms with Crippen molar-refractivity contribution in [1.29, 1.82) is 0 Å². The van der Waals surface area contributed by atoms with Gasteiger partial charge in [0.1, 0.15) is 11.5 Å². The summed E-state index contributed by atoms with van der Waals surface area (Å²) in [7, 11) is 0. The number of benzene rings is 2. The van der Waals surface area contributed by atoms with E-state index in [1.807, 2.05) is 0 Å². The number of nitrogens with one attached hydrogen (secondary N) is 1. The number of halogens is 2. The maximum atomic E-state index is 14.2. The Morgan fingerprint density at radius 2 is 1.81 bits per heavy atom. The summed E-state index contributed by atoms with van der Waals surface area (Å²) in [4.78, 5) is 13.0. The van der Waals surface area contributed by atoms with Gasteiger partial charge in [-0.25, -0.2) is 13.5 Å². The maximum absolute atomic E-state index is 14.2. The zero-order valence-electron chi connectivity index (χ0n) is 17.2. The molecule has 2 aliphatic rings. The zero-order valence-corrected chi connectivity index (χ0v) is 17.2. The Balaban J connectivity index is 1.40. The Bertz CT molecular complexity index is 1200. The van der Waals surface area contributed by atoms with Gasteiger partial charge in [-0.1, -0.05) is 0 Å². The highest BCUT2D eigenvalue weighted by atomic mass is 19.1. The Morgan fingerprint density at radius 3 is 2.55 bits per heavy atom. The Hall–Kier alpha value is -3.42. The topological polar surface area (TPSA) is 65.4 Å². The number of nitrogens with zero attached hydrogens (tertiary/aromatic N) is 2. The van der Waals surface area contributed by atoms with Crippen LogP contribution in [0.1, 0.15) is 47.4 Å². The van der Waals surface area contributed by atoms with Crippen molar-refractivity contribution < 1.29 is 23.0 Å². The molecule has 0 atom stereocenters. The van der Waals surface area contributed by atoms with Gasteiger partial charge in [0.15, 0.2) is 17.3 Å². The van der Waals surface area contributed by atoms with Gasteiger partial charge in [0.25, 0.3) is 11.7 Å². The molecule has 0 saturated heterocycles. The molecular weight excluding hydrogens is 404 g/mol. The molecule has 1 amide bonds. The molecule has 2 aromatic carbocycles. The molecule has 1 fully saturated rings. The average Bonchev–Trinajstić information content (AvgIpc) is 3.39. The van der Waals surface area contributed by atoms with E-state index < -0.39 is 17.4 Å². The van der Waals surface area contributed by atoms with E-state index in [0.29, 0.717) is 34.1 Å². The summed E-state index contributed by atoms with van der Waals surface area (Å²) in [5, 5.41) is 7.14. The fourth-order valence-corrected chi connectivity index (χ4v) is 4.34. The van der Waals surface area contributed by atoms with Gasteiger partial charge in [-0.2, -0.15) is 5.10 Å². The number of hydrogen-bond acceptors (Lipinski definition) is 4. The standard InChI is InChI=1S/C23H21F2N3O3/c1-13-21(14(2)28(27-13)18-7-5-15(24)11-17(18)25)22(29)26-16-6-8-19-20(12-16)31-23(30-19)9-3-4-10-23/h5-8,11-12H,3-4,9-10H2,1-2H3,(H,26,29). The summed E-state index contributed by atoms with van der Waals surface area (Å²) in [5.74, 6) is -1.10. The van der Waals surface area contributed by atoms with E-state index in [2.05, 4.69) is 10.4 Å². The van der Waals surface area contributed by atoms with Crippen LogP contribution in [0.4, 0.5) is 14.5 Å². The first-order chi connectivity index (χ1) is 14.8. The number of rotatable bonds is 3. The molecule has 3 aromatic rings. The van der Waals surface area contributed by atoms with Crippen molar-refractivity contribution in [3.8, 4) is 17.2 Å². The summed E-state index contributed by atoms with van der Waals surface area (Å²) >= 11 is 0. The monoisotopic (exact) mass is 425 g/mol. The van der Waals surface area contributed by atoms with Gasteiger partial charge in [0, 0.05) is 30.7 Å². The molecule has 1 aliphatic carbocycles. The highest BCUT2D eigenvalue weighted by Crippen LogP contribution is 2.47. The van der Waals surface area contributed by atoms with Crippen molar-refractivity contribution in [1.82, 2.24) is 9.78 Å². The first-order valence-corrected chi connectivity index (χ1v) is 10.2. The molecule has 1 aliphatic heterocycles. The molecule has 1 spiro atoms. The van der Waals surface area contributed by atoms with Crippen molar-refractivity contribution in [3.05, 3.63) is 65.0 Å². The maximum Gasteiger partial charge on any atom is 0.259 e. The molecule has 0 bridgehead atoms. The van der Waals surface area contributed by atoms with Crippen molar-refractivity contribution in [3.63, 3.8) is 0 Å². The van der Waals surface area contributed by atoms with Crippen LogP contribution in [0.3, 0.4) is 0 Å². The number of anilines is 1. The molecule has 6 nitrogen and oxygen atoms in total. The van der Waals surface area contributed by atoms with Crippen LogP contribution in [0.2, 0.25) is 0 Å². The van der Waals surface area contributed by atoms with Crippen LogP contribution in [0.25, 0.3) is 5.69 Å². The Morgan fingerprint density at radius 1 is 1.06 bits per heavy atom. The second kappa shape index (κ2) is 7.08. The smallest absolute Gasteiger partial charge is 0.259 e. The molecular formula is C23H21F2N3O3. The number of hydrogen-bond donors (Lipinski definition) is 1. The third-order valence-electron chi connectivity index (χ3n) is 5.82. The number of amides is 1. The summed E-state index contributed by atoms with van der Waals surface area (Å²) in [6, 6.07) is 8.52. The molecule has 160 valence electrons. The second-order valence-corrected chi connectivity index (χ2v) is 7.99. The molecule has 2 heterocycles. The summed E-state index contributed by atoms with van der Waals surface area (Å²) in [5.41, 5.74) is 1.84. The number of carbonyl (C=O) groups is 1. The molecule has 5 rings (SSSR count). The highest BCUT2D eigenvalue weighted by molar-refractivity contribution is 6.06. The van der Waals surface area contributed by atoms with E-state index >= 15 is 0 Å². The van der Waals surface area contributed by atoms with Crippen LogP contribution in [0.15, 0.2) is 36.4 Å². The molecule has 8 heteroatoms. The van der Waals surface area contributed by atoms with E-state index in [-0.39, 0.29) is 11.6 Å². The van der Waals surface area contributed by atoms with E-state index in [0.717, 1.165) is 37.8 Å². The fourth-order valence-electron chi connectivity index (χ4n) is 4.34. The van der Waals surface area contributed by atoms with Gasteiger partial charge in [0.05, 0.1) is 17.0 Å². The lowest BCUT2D eigenvalue weighted by Gasteiger charge is -2.21. The Kier molecular flexibility index (Phi) is 4.46. The summed E-state index contributed by atoms with van der Waals surface area (Å²) in [6.07, 6.45) is 3.82. The van der Waals surface area contributed by atoms with Crippen molar-refractivity contribution in [2.45, 2.75) is 45.3 Å². The molecule has 1 aromatic heterocycles. The lowest BCUT2D eigenvalue weighted by Crippen LogP contribution is -2.34. The Labute approximate surface area is 177 Å². The van der Waals surface area contributed by atoms with E-state index in [1.54, 1.807) is 32.0 Å². The highest BCUT2D eigenvalue weighted by Gasteiger charge is 2.44. The average molecular weight is 425 g/mol. The van der Waals surface area contributed by atoms with Gasteiger partial charge in [-0.05, 0) is 51.0 Å². The van der Waals surface area contributed by atoms with Gasteiger partial charge in [-0.15, -0.1) is 0 Å². The first kappa shape index (κ1) is 19.5. The van der Waals surface area contributed by atoms with Crippen molar-refractivity contribution in [2.75, 3.05) is 5.32 Å². The minimum Gasteiger partial charge on any atom is -0.448 e. The predicted octanol–water partition coefficient (Wildman–Crippen LogP) is 5.06. The molecule has 1 N–H and O–H groups in total. The quantitative estimate of drug-likeness (QED) is 0.637. The third-order valence-corrected chi connectivity index (χ3v) is 5.82. The second-order valence-electron chi connectivity index (χ2n) is 7.99. The van der Waals surface area contributed by atoms with Crippen LogP contribution < -0.4 is 14.8 Å². The SMILES string of the molecule is Cc1nn(-c2ccc(F)cc2F)c(C)c1C(=O)Nc1ccc2c(c1)OC1(CCCC1)O2. The summed E-state index contributed by atoms with van der Waals surface area (Å²) in [6.45, 7) is 3.34. The third kappa shape index (κ3) is 3.32. The van der Waals surface area contributed by atoms with Crippen molar-refractivity contribution in [2.24, 2.45) is 0 Å². The number of ether oxygens (including phenoxy) is 2. The van der Waals surface area contributed by atoms with E-state index in [4.69, 9.17) is 9.47 Å². The van der Waals surface area contributed by atoms with Crippen LogP contribution in [-0.2, 0) is 0 Å². The van der Waals surface area contributed by atoms with Crippen LogP contribution >= 0.6 is 0 Å². The van der Waals surface area contributed by atoms with Crippen molar-refractivity contribution >= 4 is 11.6 Å². The van der Waals surface area contributed by atoms with E-state index in [1.165, 1.54) is 10.7 Å². The minimum atomic E-state index is -0.755. The van der Waals surface area contributed by atoms with Crippen LogP contribution in [-0.4, -0.2) is 21.5 Å². The van der Waals surface area contributed by atoms with Gasteiger partial charge < -0.3 is 14.8 Å². The molecule has 0 unspecified atom stereocenters. The van der Waals surface area contributed by atoms with Gasteiger partial charge >= 0.3 is 0 Å². The summed E-state index contributed by atoms with van der Waals surface area (Å²) < 4.78 is 40.8. The normalized spacial score (nSPS) is 16.1. The number of fused-ring (bicyclic) bond motifs is 1. The largest absolute Gasteiger partial charge is 0.448 e. The molecule has 1 saturated carbocycles. The first-order valence-electron chi connectivity index (χ1n) is 10.2. The van der Waals surface area contributed by atoms with E-state index in [9.17, 15) is 13.6 Å². The minimum absolute atomic E-state index is 0.0750. The van der Waals surface area contributed by atoms with Gasteiger partial charge in [0.2, 0.25) is 0 Å². The lowest BCUT2D eigenvalue weighted by atomic mass is 10.1. The lowest BCUT2D eigenvalue weighted by molar-refractivity contribution is -0.0716. The number of aryl methyl sites for hydroxylation is 1.